The molecule has 2 rings (SSSR count). The lowest BCUT2D eigenvalue weighted by Gasteiger charge is -2.20. The van der Waals surface area contributed by atoms with Gasteiger partial charge in [0.05, 0.1) is 6.10 Å². The molecule has 0 spiro atoms. The molecule has 0 amide bonds. The first-order chi connectivity index (χ1) is 7.68. The molecule has 1 heterocycles. The van der Waals surface area contributed by atoms with Crippen molar-refractivity contribution in [1.82, 2.24) is 0 Å². The summed E-state index contributed by atoms with van der Waals surface area (Å²) in [7, 11) is -2.70. The second kappa shape index (κ2) is 4.82. The Morgan fingerprint density at radius 1 is 1.38 bits per heavy atom. The highest BCUT2D eigenvalue weighted by molar-refractivity contribution is 7.65. The molecule has 0 bridgehead atoms. The van der Waals surface area contributed by atoms with Crippen LogP contribution in [0.4, 0.5) is 0 Å². The van der Waals surface area contributed by atoms with Crippen LogP contribution in [0.25, 0.3) is 6.08 Å². The fourth-order valence-electron chi connectivity index (χ4n) is 1.60. The van der Waals surface area contributed by atoms with Crippen molar-refractivity contribution >= 4 is 13.4 Å². The maximum absolute atomic E-state index is 12.2. The molecule has 0 saturated carbocycles. The average molecular weight is 234 g/mol. The van der Waals surface area contributed by atoms with Crippen molar-refractivity contribution in [2.45, 2.75) is 19.4 Å². The molecule has 1 aliphatic rings. The molecule has 1 aromatic carbocycles. The lowest BCUT2D eigenvalue weighted by atomic mass is 10.2. The summed E-state index contributed by atoms with van der Waals surface area (Å²) >= 11 is 0. The lowest BCUT2D eigenvalue weighted by Crippen LogP contribution is -2.06. The highest BCUT2D eigenvalue weighted by atomic mass is 31.2. The summed E-state index contributed by atoms with van der Waals surface area (Å²) in [4.78, 5) is 0. The van der Waals surface area contributed by atoms with Gasteiger partial charge in [0.1, 0.15) is 0 Å². The molecule has 0 radical (unpaired) electrons. The summed E-state index contributed by atoms with van der Waals surface area (Å²) in [5, 5.41) is 0. The van der Waals surface area contributed by atoms with Crippen LogP contribution in [0.1, 0.15) is 18.9 Å². The molecule has 2 nitrogen and oxygen atoms in total. The van der Waals surface area contributed by atoms with Crippen LogP contribution in [0.15, 0.2) is 48.0 Å². The molecule has 16 heavy (non-hydrogen) atoms. The predicted octanol–water partition coefficient (Wildman–Crippen LogP) is 4.26. The Hall–Kier alpha value is -1.11. The molecule has 3 heteroatoms. The van der Waals surface area contributed by atoms with E-state index in [4.69, 9.17) is 4.52 Å². The molecule has 2 atom stereocenters. The summed E-state index contributed by atoms with van der Waals surface area (Å²) in [6, 6.07) is 9.81. The standard InChI is InChI=1S/C13H15O2P/c1-12-6-5-10-16(14,15-12)11-9-13-7-3-2-4-8-13/h2-5,7-12H,6H2,1H3/b11-9+/t12-,16+/m1/s1. The summed E-state index contributed by atoms with van der Waals surface area (Å²) in [6.07, 6.45) is 4.66. The smallest absolute Gasteiger partial charge is 0.247 e. The van der Waals surface area contributed by atoms with Gasteiger partial charge >= 0.3 is 0 Å². The van der Waals surface area contributed by atoms with Crippen LogP contribution in [0, 0.1) is 0 Å². The number of hydrogen-bond acceptors (Lipinski definition) is 2. The number of hydrogen-bond donors (Lipinski definition) is 0. The topological polar surface area (TPSA) is 26.3 Å². The van der Waals surface area contributed by atoms with Gasteiger partial charge in [0.15, 0.2) is 0 Å². The SMILES string of the molecule is C[C@@H]1CC=C[P@@](=O)(/C=C/c2ccccc2)O1. The molecule has 1 aliphatic heterocycles. The molecule has 1 aromatic rings. The Balaban J connectivity index is 2.15. The van der Waals surface area contributed by atoms with Gasteiger partial charge in [0, 0.05) is 11.6 Å². The molecule has 0 aliphatic carbocycles. The Kier molecular flexibility index (Phi) is 3.42. The Morgan fingerprint density at radius 2 is 2.12 bits per heavy atom. The van der Waals surface area contributed by atoms with Crippen molar-refractivity contribution in [2.75, 3.05) is 0 Å². The summed E-state index contributed by atoms with van der Waals surface area (Å²) in [5.41, 5.74) is 1.04. The second-order valence-electron chi connectivity index (χ2n) is 3.91. The van der Waals surface area contributed by atoms with E-state index in [0.717, 1.165) is 12.0 Å². The van der Waals surface area contributed by atoms with Crippen LogP contribution in [0.5, 0.6) is 0 Å². The molecular weight excluding hydrogens is 219 g/mol. The zero-order chi connectivity index (χ0) is 11.4. The Bertz CT molecular complexity index is 448. The van der Waals surface area contributed by atoms with E-state index in [1.54, 1.807) is 11.6 Å². The van der Waals surface area contributed by atoms with E-state index in [-0.39, 0.29) is 6.10 Å². The highest BCUT2D eigenvalue weighted by Gasteiger charge is 2.22. The fraction of sp³-hybridized carbons (Fsp3) is 0.231. The van der Waals surface area contributed by atoms with Crippen molar-refractivity contribution in [1.29, 1.82) is 0 Å². The molecule has 84 valence electrons. The van der Waals surface area contributed by atoms with Crippen molar-refractivity contribution in [3.63, 3.8) is 0 Å². The van der Waals surface area contributed by atoms with E-state index >= 15 is 0 Å². The quantitative estimate of drug-likeness (QED) is 0.715. The van der Waals surface area contributed by atoms with E-state index in [1.807, 2.05) is 49.4 Å². The van der Waals surface area contributed by atoms with Crippen molar-refractivity contribution in [3.05, 3.63) is 53.6 Å². The molecule has 0 fully saturated rings. The van der Waals surface area contributed by atoms with Gasteiger partial charge in [-0.25, -0.2) is 0 Å². The normalized spacial score (nSPS) is 29.7. The lowest BCUT2D eigenvalue weighted by molar-refractivity contribution is 0.230. The molecule has 0 aromatic heterocycles. The molecule has 0 unspecified atom stereocenters. The monoisotopic (exact) mass is 234 g/mol. The maximum Gasteiger partial charge on any atom is 0.247 e. The van der Waals surface area contributed by atoms with E-state index < -0.39 is 7.37 Å². The summed E-state index contributed by atoms with van der Waals surface area (Å²) in [6.45, 7) is 1.94. The average Bonchev–Trinajstić information content (AvgIpc) is 2.28. The van der Waals surface area contributed by atoms with E-state index in [2.05, 4.69) is 0 Å². The van der Waals surface area contributed by atoms with Crippen LogP contribution < -0.4 is 0 Å². The third kappa shape index (κ3) is 2.94. The largest absolute Gasteiger partial charge is 0.319 e. The van der Waals surface area contributed by atoms with Gasteiger partial charge in [-0.15, -0.1) is 0 Å². The van der Waals surface area contributed by atoms with Gasteiger partial charge in [-0.3, -0.25) is 4.57 Å². The second-order valence-corrected chi connectivity index (χ2v) is 6.01. The van der Waals surface area contributed by atoms with E-state index in [1.165, 1.54) is 0 Å². The first-order valence-corrected chi connectivity index (χ1v) is 7.14. The molecule has 0 N–H and O–H groups in total. The van der Waals surface area contributed by atoms with Crippen molar-refractivity contribution in [2.24, 2.45) is 0 Å². The number of benzene rings is 1. The first-order valence-electron chi connectivity index (χ1n) is 5.38. The minimum Gasteiger partial charge on any atom is -0.319 e. The van der Waals surface area contributed by atoms with E-state index in [0.29, 0.717) is 0 Å². The van der Waals surface area contributed by atoms with Gasteiger partial charge in [0.2, 0.25) is 7.37 Å². The van der Waals surface area contributed by atoms with Crippen LogP contribution in [-0.4, -0.2) is 6.10 Å². The predicted molar refractivity (Wildman–Crippen MR) is 67.4 cm³/mol. The summed E-state index contributed by atoms with van der Waals surface area (Å²) < 4.78 is 17.7. The maximum atomic E-state index is 12.2. The van der Waals surface area contributed by atoms with Crippen molar-refractivity contribution in [3.8, 4) is 0 Å². The number of rotatable bonds is 2. The van der Waals surface area contributed by atoms with Crippen LogP contribution in [0.2, 0.25) is 0 Å². The summed E-state index contributed by atoms with van der Waals surface area (Å²) in [5.74, 6) is 3.36. The highest BCUT2D eigenvalue weighted by Crippen LogP contribution is 2.54. The third-order valence-corrected chi connectivity index (χ3v) is 4.28. The third-order valence-electron chi connectivity index (χ3n) is 2.40. The Morgan fingerprint density at radius 3 is 2.81 bits per heavy atom. The van der Waals surface area contributed by atoms with Gasteiger partial charge in [-0.1, -0.05) is 36.4 Å². The van der Waals surface area contributed by atoms with Gasteiger partial charge in [-0.05, 0) is 25.0 Å². The zero-order valence-corrected chi connectivity index (χ0v) is 10.1. The fourth-order valence-corrected chi connectivity index (χ4v) is 3.28. The zero-order valence-electron chi connectivity index (χ0n) is 9.24. The minimum absolute atomic E-state index is 0.0382. The first kappa shape index (κ1) is 11.4. The van der Waals surface area contributed by atoms with E-state index in [9.17, 15) is 4.57 Å². The molecule has 0 saturated heterocycles. The van der Waals surface area contributed by atoms with Crippen LogP contribution >= 0.6 is 7.37 Å². The van der Waals surface area contributed by atoms with Crippen LogP contribution in [-0.2, 0) is 9.09 Å². The van der Waals surface area contributed by atoms with Gasteiger partial charge in [0.25, 0.3) is 0 Å². The van der Waals surface area contributed by atoms with Gasteiger partial charge < -0.3 is 4.52 Å². The van der Waals surface area contributed by atoms with Crippen LogP contribution in [0.3, 0.4) is 0 Å². The minimum atomic E-state index is -2.70. The molecular formula is C13H15O2P. The Labute approximate surface area is 96.1 Å². The van der Waals surface area contributed by atoms with Crippen molar-refractivity contribution < 1.29 is 9.09 Å². The van der Waals surface area contributed by atoms with Gasteiger partial charge in [-0.2, -0.15) is 0 Å².